The van der Waals surface area contributed by atoms with Crippen LogP contribution in [0.15, 0.2) is 30.3 Å². The molecular weight excluding hydrogens is 244 g/mol. The Balaban J connectivity index is 2.65. The second-order valence-corrected chi connectivity index (χ2v) is 4.49. The largest absolute Gasteiger partial charge is 0.479 e. The van der Waals surface area contributed by atoms with Gasteiger partial charge < -0.3 is 10.4 Å². The van der Waals surface area contributed by atoms with E-state index in [1.165, 1.54) is 0 Å². The molecule has 1 aromatic carbocycles. The molecule has 104 valence electrons. The highest BCUT2D eigenvalue weighted by molar-refractivity contribution is 5.85. The van der Waals surface area contributed by atoms with Crippen molar-refractivity contribution in [3.05, 3.63) is 35.9 Å². The lowest BCUT2D eigenvalue weighted by atomic mass is 10.1. The number of rotatable bonds is 7. The zero-order valence-electron chi connectivity index (χ0n) is 11.3. The van der Waals surface area contributed by atoms with Crippen molar-refractivity contribution in [2.75, 3.05) is 20.1 Å². The van der Waals surface area contributed by atoms with E-state index in [0.29, 0.717) is 5.56 Å². The highest BCUT2D eigenvalue weighted by atomic mass is 16.4. The van der Waals surface area contributed by atoms with E-state index in [0.717, 1.165) is 13.0 Å². The number of carbonyl (C=O) groups excluding carboxylic acids is 1. The molecule has 0 heterocycles. The quantitative estimate of drug-likeness (QED) is 0.778. The maximum Gasteiger partial charge on any atom is 0.330 e. The lowest BCUT2D eigenvalue weighted by Crippen LogP contribution is -2.40. The molecule has 1 rings (SSSR count). The fourth-order valence-corrected chi connectivity index (χ4v) is 1.85. The third-order valence-corrected chi connectivity index (χ3v) is 2.70. The summed E-state index contributed by atoms with van der Waals surface area (Å²) in [6.07, 6.45) is 0.949. The summed E-state index contributed by atoms with van der Waals surface area (Å²) in [6, 6.07) is 7.69. The molecule has 0 aliphatic rings. The van der Waals surface area contributed by atoms with Gasteiger partial charge in [-0.15, -0.1) is 0 Å². The minimum absolute atomic E-state index is 0.199. The summed E-state index contributed by atoms with van der Waals surface area (Å²) in [5.41, 5.74) is 0.571. The summed E-state index contributed by atoms with van der Waals surface area (Å²) in [4.78, 5) is 24.9. The van der Waals surface area contributed by atoms with Crippen molar-refractivity contribution < 1.29 is 14.7 Å². The predicted octanol–water partition coefficient (Wildman–Crippen LogP) is 1.27. The molecular formula is C14H20N2O3. The number of carbonyl (C=O) groups is 2. The molecule has 0 unspecified atom stereocenters. The average Bonchev–Trinajstić information content (AvgIpc) is 2.37. The Hall–Kier alpha value is -1.88. The van der Waals surface area contributed by atoms with Crippen LogP contribution in [-0.2, 0) is 9.59 Å². The Morgan fingerprint density at radius 2 is 1.95 bits per heavy atom. The molecule has 5 heteroatoms. The maximum atomic E-state index is 11.8. The van der Waals surface area contributed by atoms with E-state index < -0.39 is 12.0 Å². The minimum Gasteiger partial charge on any atom is -0.479 e. The Morgan fingerprint density at radius 1 is 1.32 bits per heavy atom. The number of likely N-dealkylation sites (N-methyl/N-ethyl adjacent to an activating group) is 1. The number of nitrogens with one attached hydrogen (secondary N) is 1. The van der Waals surface area contributed by atoms with Gasteiger partial charge in [0.15, 0.2) is 6.04 Å². The van der Waals surface area contributed by atoms with E-state index in [2.05, 4.69) is 5.32 Å². The van der Waals surface area contributed by atoms with Crippen LogP contribution in [0.25, 0.3) is 0 Å². The smallest absolute Gasteiger partial charge is 0.330 e. The van der Waals surface area contributed by atoms with E-state index in [1.54, 1.807) is 30.3 Å². The van der Waals surface area contributed by atoms with Gasteiger partial charge in [0.05, 0.1) is 6.54 Å². The van der Waals surface area contributed by atoms with Crippen molar-refractivity contribution in [1.29, 1.82) is 0 Å². The van der Waals surface area contributed by atoms with Gasteiger partial charge in [0.25, 0.3) is 0 Å². The van der Waals surface area contributed by atoms with Gasteiger partial charge in [-0.25, -0.2) is 4.79 Å². The second kappa shape index (κ2) is 7.53. The molecule has 0 saturated carbocycles. The third-order valence-electron chi connectivity index (χ3n) is 2.70. The third kappa shape index (κ3) is 5.09. The van der Waals surface area contributed by atoms with Crippen LogP contribution in [0.3, 0.4) is 0 Å². The molecule has 1 atom stereocenters. The topological polar surface area (TPSA) is 69.6 Å². The minimum atomic E-state index is -1.06. The zero-order valence-corrected chi connectivity index (χ0v) is 11.3. The van der Waals surface area contributed by atoms with Gasteiger partial charge in [0.1, 0.15) is 0 Å². The monoisotopic (exact) mass is 264 g/mol. The highest BCUT2D eigenvalue weighted by Gasteiger charge is 2.21. The first kappa shape index (κ1) is 15.2. The Bertz CT molecular complexity index is 420. The first-order valence-electron chi connectivity index (χ1n) is 6.30. The van der Waals surface area contributed by atoms with Crippen LogP contribution < -0.4 is 5.32 Å². The first-order chi connectivity index (χ1) is 9.04. The van der Waals surface area contributed by atoms with Crippen molar-refractivity contribution >= 4 is 11.9 Å². The van der Waals surface area contributed by atoms with Crippen molar-refractivity contribution in [1.82, 2.24) is 10.2 Å². The summed E-state index contributed by atoms with van der Waals surface area (Å²) < 4.78 is 0. The van der Waals surface area contributed by atoms with Crippen LogP contribution in [0, 0.1) is 0 Å². The molecule has 0 aromatic heterocycles. The van der Waals surface area contributed by atoms with Gasteiger partial charge in [-0.3, -0.25) is 9.69 Å². The van der Waals surface area contributed by atoms with Gasteiger partial charge in [0.2, 0.25) is 5.91 Å². The normalized spacial score (nSPS) is 12.2. The number of aliphatic carboxylic acids is 1. The predicted molar refractivity (Wildman–Crippen MR) is 72.7 cm³/mol. The van der Waals surface area contributed by atoms with E-state index in [-0.39, 0.29) is 12.5 Å². The SMILES string of the molecule is CCCN(C)CC(=O)N[C@@H](C(=O)O)c1ccccc1. The number of hydrogen-bond acceptors (Lipinski definition) is 3. The van der Waals surface area contributed by atoms with Gasteiger partial charge in [-0.05, 0) is 25.6 Å². The van der Waals surface area contributed by atoms with Gasteiger partial charge in [-0.1, -0.05) is 37.3 Å². The van der Waals surface area contributed by atoms with Crippen molar-refractivity contribution in [2.45, 2.75) is 19.4 Å². The van der Waals surface area contributed by atoms with Crippen LogP contribution in [0.1, 0.15) is 24.9 Å². The molecule has 0 fully saturated rings. The molecule has 0 saturated heterocycles. The summed E-state index contributed by atoms with van der Waals surface area (Å²) >= 11 is 0. The standard InChI is InChI=1S/C14H20N2O3/c1-3-9-16(2)10-12(17)15-13(14(18)19)11-7-5-4-6-8-11/h4-8,13H,3,9-10H2,1-2H3,(H,15,17)(H,18,19)/t13-/m1/s1. The van der Waals surface area contributed by atoms with Crippen molar-refractivity contribution in [3.8, 4) is 0 Å². The Morgan fingerprint density at radius 3 is 2.47 bits per heavy atom. The molecule has 19 heavy (non-hydrogen) atoms. The van der Waals surface area contributed by atoms with E-state index in [1.807, 2.05) is 18.9 Å². The summed E-state index contributed by atoms with van der Waals surface area (Å²) in [5, 5.41) is 11.7. The number of nitrogens with zero attached hydrogens (tertiary/aromatic N) is 1. The van der Waals surface area contributed by atoms with Crippen molar-refractivity contribution in [3.63, 3.8) is 0 Å². The molecule has 1 amide bonds. The lowest BCUT2D eigenvalue weighted by molar-refractivity contribution is -0.142. The number of carboxylic acids is 1. The van der Waals surface area contributed by atoms with Crippen LogP contribution in [-0.4, -0.2) is 42.0 Å². The summed E-state index contributed by atoms with van der Waals surface area (Å²) in [7, 11) is 1.83. The zero-order chi connectivity index (χ0) is 14.3. The molecule has 1 aromatic rings. The molecule has 0 bridgehead atoms. The van der Waals surface area contributed by atoms with Crippen LogP contribution >= 0.6 is 0 Å². The molecule has 0 aliphatic carbocycles. The molecule has 0 aliphatic heterocycles. The number of carboxylic acid groups (broad SMARTS) is 1. The Labute approximate surface area is 113 Å². The maximum absolute atomic E-state index is 11.8. The highest BCUT2D eigenvalue weighted by Crippen LogP contribution is 2.12. The van der Waals surface area contributed by atoms with Gasteiger partial charge in [0, 0.05) is 0 Å². The van der Waals surface area contributed by atoms with E-state index in [4.69, 9.17) is 0 Å². The van der Waals surface area contributed by atoms with Gasteiger partial charge >= 0.3 is 5.97 Å². The van der Waals surface area contributed by atoms with Gasteiger partial charge in [-0.2, -0.15) is 0 Å². The van der Waals surface area contributed by atoms with Crippen LogP contribution in [0.5, 0.6) is 0 Å². The fraction of sp³-hybridized carbons (Fsp3) is 0.429. The number of hydrogen-bond donors (Lipinski definition) is 2. The molecule has 2 N–H and O–H groups in total. The lowest BCUT2D eigenvalue weighted by Gasteiger charge is -2.18. The molecule has 0 spiro atoms. The fourth-order valence-electron chi connectivity index (χ4n) is 1.85. The summed E-state index contributed by atoms with van der Waals surface area (Å²) in [6.45, 7) is 3.03. The molecule has 5 nitrogen and oxygen atoms in total. The second-order valence-electron chi connectivity index (χ2n) is 4.49. The number of benzene rings is 1. The van der Waals surface area contributed by atoms with Crippen LogP contribution in [0.2, 0.25) is 0 Å². The van der Waals surface area contributed by atoms with Crippen molar-refractivity contribution in [2.24, 2.45) is 0 Å². The van der Waals surface area contributed by atoms with Crippen LogP contribution in [0.4, 0.5) is 0 Å². The first-order valence-corrected chi connectivity index (χ1v) is 6.30. The Kier molecular flexibility index (Phi) is 6.02. The molecule has 0 radical (unpaired) electrons. The number of amides is 1. The average molecular weight is 264 g/mol. The van der Waals surface area contributed by atoms with E-state index in [9.17, 15) is 14.7 Å². The summed E-state index contributed by atoms with van der Waals surface area (Å²) in [5.74, 6) is -1.34. The van der Waals surface area contributed by atoms with E-state index >= 15 is 0 Å².